The van der Waals surface area contributed by atoms with Crippen LogP contribution < -0.4 is 44.6 Å². The molecule has 0 saturated heterocycles. The average Bonchev–Trinajstić information content (AvgIpc) is 1.12. The summed E-state index contributed by atoms with van der Waals surface area (Å²) in [6.45, 7) is 0. The molecular weight excluding hydrogens is 658 g/mol. The second-order valence-electron chi connectivity index (χ2n) is 0.816. The Bertz CT molecular complexity index is 213. The summed E-state index contributed by atoms with van der Waals surface area (Å²) < 4.78 is 69.2. The van der Waals surface area contributed by atoms with Gasteiger partial charge in [0.2, 0.25) is 0 Å². The van der Waals surface area contributed by atoms with E-state index in [1.54, 1.807) is 0 Å². The molecule has 0 fully saturated rings. The maximum absolute atomic E-state index is 8.65. The van der Waals surface area contributed by atoms with E-state index in [1.807, 2.05) is 0 Å². The molecule has 0 saturated carbocycles. The summed E-state index contributed by atoms with van der Waals surface area (Å²) in [5, 5.41) is 0. The van der Waals surface area contributed by atoms with Gasteiger partial charge in [-0.3, -0.25) is 0 Å². The first-order valence-electron chi connectivity index (χ1n) is 1.33. The van der Waals surface area contributed by atoms with Gasteiger partial charge in [-0.2, -0.15) is 0 Å². The van der Waals surface area contributed by atoms with Crippen LogP contribution >= 0.6 is 0 Å². The summed E-state index contributed by atoms with van der Waals surface area (Å²) in [6.07, 6.45) is 0. The van der Waals surface area contributed by atoms with E-state index >= 15 is 0 Å². The first-order chi connectivity index (χ1) is 4.00. The Hall–Kier alpha value is 2.61. The minimum atomic E-state index is -6.17. The number of hydrogen-bond donors (Lipinski definition) is 0. The molecule has 0 atom stereocenters. The van der Waals surface area contributed by atoms with Crippen LogP contribution in [0.3, 0.4) is 0 Å². The van der Waals surface area contributed by atoms with Crippen LogP contribution in [0.15, 0.2) is 0 Å². The third kappa shape index (κ3) is 249. The number of rotatable bonds is 0. The first-order valence-corrected chi connectivity index (χ1v) is 10.9. The van der Waals surface area contributed by atoms with Gasteiger partial charge in [-0.25, -0.2) is 0 Å². The Balaban J connectivity index is -0.0000000457. The summed E-state index contributed by atoms with van der Waals surface area (Å²) in [5.41, 5.74) is 0. The van der Waals surface area contributed by atoms with E-state index in [1.165, 1.54) is 0 Å². The fraction of sp³-hybridized carbons (Fsp3) is 0. The van der Waals surface area contributed by atoms with Crippen molar-refractivity contribution in [2.45, 2.75) is 0 Å². The van der Waals surface area contributed by atoms with Crippen molar-refractivity contribution in [2.75, 3.05) is 0 Å². The second-order valence-corrected chi connectivity index (χ2v) is 6.68. The zero-order valence-electron chi connectivity index (χ0n) is 5.66. The van der Waals surface area contributed by atoms with Gasteiger partial charge in [0.1, 0.15) is 0 Å². The van der Waals surface area contributed by atoms with Crippen molar-refractivity contribution >= 4 is 0 Å². The van der Waals surface area contributed by atoms with Crippen molar-refractivity contribution in [3.8, 4) is 0 Å². The molecule has 12 heteroatoms. The van der Waals surface area contributed by atoms with Crippen LogP contribution in [0, 0.1) is 35.6 Å². The summed E-state index contributed by atoms with van der Waals surface area (Å²) >= 11 is -12.3. The topological polar surface area (TPSA) is 161 Å². The monoisotopic (exact) mass is 658 g/mol. The summed E-state index contributed by atoms with van der Waals surface area (Å²) in [5.74, 6) is 0. The molecule has 8 nitrogen and oxygen atoms in total. The molecule has 0 aliphatic carbocycles. The van der Waals surface area contributed by atoms with Crippen LogP contribution in [0.2, 0.25) is 0 Å². The quantitative estimate of drug-likeness (QED) is 0.232. The van der Waals surface area contributed by atoms with Gasteiger partial charge < -0.3 is 0 Å². The fourth-order valence-electron chi connectivity index (χ4n) is 0. The molecular formula is LaNaO8W2. The predicted octanol–water partition coefficient (Wildman–Crippen LogP) is -8.23. The maximum atomic E-state index is 8.65. The Kier molecular flexibility index (Phi) is 20.3. The molecule has 0 unspecified atom stereocenters. The second kappa shape index (κ2) is 10.1. The molecule has 0 N–H and O–H groups in total. The van der Waals surface area contributed by atoms with Crippen LogP contribution in [-0.4, -0.2) is 0 Å². The van der Waals surface area contributed by atoms with Crippen LogP contribution in [0.1, 0.15) is 0 Å². The van der Waals surface area contributed by atoms with E-state index in [2.05, 4.69) is 0 Å². The Morgan fingerprint density at radius 3 is 0.667 bits per heavy atom. The van der Waals surface area contributed by atoms with E-state index in [4.69, 9.17) is 28.6 Å². The molecule has 0 rings (SSSR count). The number of hydrogen-bond acceptors (Lipinski definition) is 8. The molecule has 0 bridgehead atoms. The molecule has 0 aliphatic heterocycles. The van der Waals surface area contributed by atoms with Crippen molar-refractivity contribution in [1.29, 1.82) is 0 Å². The summed E-state index contributed by atoms with van der Waals surface area (Å²) in [4.78, 5) is 0. The van der Waals surface area contributed by atoms with Gasteiger partial charge in [0.25, 0.3) is 0 Å². The SMILES string of the molecule is [La+3].[Na+].[O]=[W](=[O])([O-])[O-].[O]=[W](=[O])([O-])[O-]. The van der Waals surface area contributed by atoms with Crippen LogP contribution in [-0.2, 0) is 47.1 Å². The fourth-order valence-corrected chi connectivity index (χ4v) is 0. The van der Waals surface area contributed by atoms with E-state index < -0.39 is 33.5 Å². The van der Waals surface area contributed by atoms with Crippen molar-refractivity contribution in [3.05, 3.63) is 0 Å². The van der Waals surface area contributed by atoms with E-state index in [0.717, 1.165) is 0 Å². The molecule has 0 radical (unpaired) electrons. The van der Waals surface area contributed by atoms with Gasteiger partial charge in [-0.1, -0.05) is 0 Å². The van der Waals surface area contributed by atoms with Crippen molar-refractivity contribution in [3.63, 3.8) is 0 Å². The van der Waals surface area contributed by atoms with Crippen molar-refractivity contribution in [2.24, 2.45) is 0 Å². The van der Waals surface area contributed by atoms with Gasteiger partial charge in [0.05, 0.1) is 0 Å². The van der Waals surface area contributed by atoms with Crippen molar-refractivity contribution in [1.82, 2.24) is 0 Å². The molecule has 0 spiro atoms. The molecule has 0 aromatic carbocycles. The first kappa shape index (κ1) is 24.0. The Labute approximate surface area is 125 Å². The summed E-state index contributed by atoms with van der Waals surface area (Å²) in [7, 11) is 0. The van der Waals surface area contributed by atoms with E-state index in [9.17, 15) is 0 Å². The predicted molar refractivity (Wildman–Crippen MR) is 2.75 cm³/mol. The Morgan fingerprint density at radius 1 is 0.667 bits per heavy atom. The third-order valence-corrected chi connectivity index (χ3v) is 0. The minimum absolute atomic E-state index is 0. The van der Waals surface area contributed by atoms with Gasteiger partial charge in [0, 0.05) is 0 Å². The van der Waals surface area contributed by atoms with Crippen molar-refractivity contribution < 1.29 is 127 Å². The normalized spacial score (nSPS) is 9.67. The molecule has 64 valence electrons. The zero-order valence-corrected chi connectivity index (χ0v) is 17.2. The molecule has 0 aliphatic rings. The Morgan fingerprint density at radius 2 is 0.667 bits per heavy atom. The molecule has 12 heavy (non-hydrogen) atoms. The third-order valence-electron chi connectivity index (χ3n) is 0. The van der Waals surface area contributed by atoms with Crippen LogP contribution in [0.5, 0.6) is 0 Å². The van der Waals surface area contributed by atoms with E-state index in [0.29, 0.717) is 0 Å². The molecule has 0 aromatic rings. The average molecular weight is 658 g/mol. The van der Waals surface area contributed by atoms with Crippen LogP contribution in [0.4, 0.5) is 0 Å². The van der Waals surface area contributed by atoms with Gasteiger partial charge in [-0.05, 0) is 0 Å². The molecule has 0 aromatic heterocycles. The molecule has 0 heterocycles. The molecule has 0 amide bonds. The standard InChI is InChI=1S/La.Na.8O.2W/q+3;+1;;;;;4*-1;;. The van der Waals surface area contributed by atoms with Gasteiger partial charge >= 0.3 is 127 Å². The van der Waals surface area contributed by atoms with Gasteiger partial charge in [-0.15, -0.1) is 0 Å². The van der Waals surface area contributed by atoms with Crippen LogP contribution in [0.25, 0.3) is 0 Å². The van der Waals surface area contributed by atoms with Gasteiger partial charge in [0.15, 0.2) is 0 Å². The summed E-state index contributed by atoms with van der Waals surface area (Å²) in [6, 6.07) is 0. The van der Waals surface area contributed by atoms with E-state index in [-0.39, 0.29) is 65.2 Å². The zero-order chi connectivity index (χ0) is 9.00.